The minimum atomic E-state index is -0.621. The fourth-order valence-corrected chi connectivity index (χ4v) is 2.43. The standard InChI is InChI=1S/C17H15NO2/c19-13-5-3-4-12(10-13)11-17(20)15-8-9-18-16-7-2-1-6-14(15)16/h1-10,17,19-20H,11H2. The van der Waals surface area contributed by atoms with Crippen molar-refractivity contribution >= 4 is 10.9 Å². The predicted molar refractivity (Wildman–Crippen MR) is 78.5 cm³/mol. The van der Waals surface area contributed by atoms with Crippen molar-refractivity contribution in [3.05, 3.63) is 71.9 Å². The van der Waals surface area contributed by atoms with Gasteiger partial charge in [-0.1, -0.05) is 30.3 Å². The number of para-hydroxylation sites is 1. The molecule has 0 bridgehead atoms. The van der Waals surface area contributed by atoms with E-state index in [-0.39, 0.29) is 5.75 Å². The normalized spacial score (nSPS) is 12.4. The second kappa shape index (κ2) is 5.31. The van der Waals surface area contributed by atoms with Gasteiger partial charge >= 0.3 is 0 Å². The first-order valence-corrected chi connectivity index (χ1v) is 6.53. The molecule has 3 rings (SSSR count). The average Bonchev–Trinajstić information content (AvgIpc) is 2.46. The molecule has 3 aromatic rings. The Kier molecular flexibility index (Phi) is 3.35. The van der Waals surface area contributed by atoms with Gasteiger partial charge in [-0.05, 0) is 35.4 Å². The fraction of sp³-hybridized carbons (Fsp3) is 0.118. The van der Waals surface area contributed by atoms with Crippen molar-refractivity contribution in [2.75, 3.05) is 0 Å². The van der Waals surface area contributed by atoms with Gasteiger partial charge in [-0.15, -0.1) is 0 Å². The van der Waals surface area contributed by atoms with E-state index in [1.54, 1.807) is 24.4 Å². The van der Waals surface area contributed by atoms with Crippen molar-refractivity contribution in [2.45, 2.75) is 12.5 Å². The summed E-state index contributed by atoms with van der Waals surface area (Å²) in [6.45, 7) is 0. The number of aliphatic hydroxyl groups excluding tert-OH is 1. The Hall–Kier alpha value is -2.39. The van der Waals surface area contributed by atoms with E-state index in [0.717, 1.165) is 22.0 Å². The predicted octanol–water partition coefficient (Wildman–Crippen LogP) is 3.22. The second-order valence-electron chi connectivity index (χ2n) is 4.81. The minimum Gasteiger partial charge on any atom is -0.508 e. The summed E-state index contributed by atoms with van der Waals surface area (Å²) in [6.07, 6.45) is 1.55. The summed E-state index contributed by atoms with van der Waals surface area (Å²) < 4.78 is 0. The van der Waals surface area contributed by atoms with Crippen LogP contribution >= 0.6 is 0 Å². The smallest absolute Gasteiger partial charge is 0.115 e. The number of benzene rings is 2. The van der Waals surface area contributed by atoms with Crippen LogP contribution in [0.1, 0.15) is 17.2 Å². The van der Waals surface area contributed by atoms with Crippen LogP contribution in [0.2, 0.25) is 0 Å². The van der Waals surface area contributed by atoms with Gasteiger partial charge in [0, 0.05) is 18.0 Å². The van der Waals surface area contributed by atoms with Crippen LogP contribution in [-0.4, -0.2) is 15.2 Å². The molecule has 1 unspecified atom stereocenters. The van der Waals surface area contributed by atoms with Gasteiger partial charge in [0.05, 0.1) is 11.6 Å². The van der Waals surface area contributed by atoms with Gasteiger partial charge in [-0.2, -0.15) is 0 Å². The van der Waals surface area contributed by atoms with Gasteiger partial charge in [0.25, 0.3) is 0 Å². The van der Waals surface area contributed by atoms with Crippen molar-refractivity contribution in [1.29, 1.82) is 0 Å². The molecule has 1 aromatic heterocycles. The quantitative estimate of drug-likeness (QED) is 0.764. The van der Waals surface area contributed by atoms with Crippen LogP contribution in [0, 0.1) is 0 Å². The third-order valence-electron chi connectivity index (χ3n) is 3.38. The number of nitrogens with zero attached hydrogens (tertiary/aromatic N) is 1. The van der Waals surface area contributed by atoms with Crippen molar-refractivity contribution < 1.29 is 10.2 Å². The summed E-state index contributed by atoms with van der Waals surface area (Å²) in [5, 5.41) is 20.9. The molecule has 0 aliphatic heterocycles. The first-order valence-electron chi connectivity index (χ1n) is 6.53. The van der Waals surface area contributed by atoms with Crippen LogP contribution in [-0.2, 0) is 6.42 Å². The topological polar surface area (TPSA) is 53.4 Å². The summed E-state index contributed by atoms with van der Waals surface area (Å²) >= 11 is 0. The summed E-state index contributed by atoms with van der Waals surface area (Å²) in [5.41, 5.74) is 2.64. The minimum absolute atomic E-state index is 0.217. The number of aliphatic hydroxyl groups is 1. The van der Waals surface area contributed by atoms with Crippen LogP contribution in [0.25, 0.3) is 10.9 Å². The second-order valence-corrected chi connectivity index (χ2v) is 4.81. The van der Waals surface area contributed by atoms with Crippen LogP contribution in [0.5, 0.6) is 5.75 Å². The highest BCUT2D eigenvalue weighted by molar-refractivity contribution is 5.82. The van der Waals surface area contributed by atoms with E-state index in [1.165, 1.54) is 0 Å². The third-order valence-corrected chi connectivity index (χ3v) is 3.38. The Morgan fingerprint density at radius 1 is 1.00 bits per heavy atom. The van der Waals surface area contributed by atoms with E-state index in [4.69, 9.17) is 0 Å². The maximum Gasteiger partial charge on any atom is 0.115 e. The number of phenols is 1. The van der Waals surface area contributed by atoms with Gasteiger partial charge in [0.1, 0.15) is 5.75 Å². The Labute approximate surface area is 117 Å². The number of rotatable bonds is 3. The molecule has 3 nitrogen and oxygen atoms in total. The zero-order chi connectivity index (χ0) is 13.9. The highest BCUT2D eigenvalue weighted by Crippen LogP contribution is 2.26. The van der Waals surface area contributed by atoms with Gasteiger partial charge in [-0.3, -0.25) is 4.98 Å². The van der Waals surface area contributed by atoms with E-state index < -0.39 is 6.10 Å². The molecule has 20 heavy (non-hydrogen) atoms. The molecule has 2 N–H and O–H groups in total. The van der Waals surface area contributed by atoms with Gasteiger partial charge in [0.15, 0.2) is 0 Å². The lowest BCUT2D eigenvalue weighted by atomic mass is 9.98. The number of aromatic hydroxyl groups is 1. The monoisotopic (exact) mass is 265 g/mol. The van der Waals surface area contributed by atoms with Gasteiger partial charge in [-0.25, -0.2) is 0 Å². The van der Waals surface area contributed by atoms with E-state index in [2.05, 4.69) is 4.98 Å². The maximum absolute atomic E-state index is 10.5. The summed E-state index contributed by atoms with van der Waals surface area (Å²) in [5.74, 6) is 0.217. The average molecular weight is 265 g/mol. The van der Waals surface area contributed by atoms with E-state index in [1.807, 2.05) is 36.4 Å². The molecular formula is C17H15NO2. The summed E-state index contributed by atoms with van der Waals surface area (Å²) in [7, 11) is 0. The SMILES string of the molecule is Oc1cccc(CC(O)c2ccnc3ccccc23)c1. The molecule has 0 aliphatic rings. The highest BCUT2D eigenvalue weighted by Gasteiger charge is 2.12. The molecule has 0 radical (unpaired) electrons. The van der Waals surface area contributed by atoms with Gasteiger partial charge in [0.2, 0.25) is 0 Å². The molecule has 0 fully saturated rings. The number of fused-ring (bicyclic) bond motifs is 1. The zero-order valence-corrected chi connectivity index (χ0v) is 10.9. The van der Waals surface area contributed by atoms with Crippen molar-refractivity contribution in [2.24, 2.45) is 0 Å². The number of hydrogen-bond acceptors (Lipinski definition) is 3. The lowest BCUT2D eigenvalue weighted by Gasteiger charge is -2.13. The molecule has 1 atom stereocenters. The van der Waals surface area contributed by atoms with Gasteiger partial charge < -0.3 is 10.2 Å². The van der Waals surface area contributed by atoms with Crippen molar-refractivity contribution in [3.63, 3.8) is 0 Å². The van der Waals surface area contributed by atoms with Crippen molar-refractivity contribution in [3.8, 4) is 5.75 Å². The number of pyridine rings is 1. The fourth-order valence-electron chi connectivity index (χ4n) is 2.43. The Balaban J connectivity index is 1.94. The molecule has 0 spiro atoms. The first kappa shape index (κ1) is 12.6. The summed E-state index contributed by atoms with van der Waals surface area (Å²) in [4.78, 5) is 4.29. The number of hydrogen-bond donors (Lipinski definition) is 2. The number of aromatic nitrogens is 1. The lowest BCUT2D eigenvalue weighted by Crippen LogP contribution is -2.03. The number of phenolic OH excluding ortho intramolecular Hbond substituents is 1. The molecule has 1 heterocycles. The Bertz CT molecular complexity index is 734. The molecule has 2 aromatic carbocycles. The molecule has 0 saturated carbocycles. The molecule has 3 heteroatoms. The Morgan fingerprint density at radius 2 is 1.85 bits per heavy atom. The molecule has 0 aliphatic carbocycles. The molecule has 100 valence electrons. The Morgan fingerprint density at radius 3 is 2.70 bits per heavy atom. The molecule has 0 amide bonds. The van der Waals surface area contributed by atoms with Crippen LogP contribution in [0.4, 0.5) is 0 Å². The van der Waals surface area contributed by atoms with Crippen molar-refractivity contribution in [1.82, 2.24) is 4.98 Å². The third kappa shape index (κ3) is 2.49. The van der Waals surface area contributed by atoms with E-state index >= 15 is 0 Å². The highest BCUT2D eigenvalue weighted by atomic mass is 16.3. The molecular weight excluding hydrogens is 250 g/mol. The summed E-state index contributed by atoms with van der Waals surface area (Å²) in [6, 6.07) is 16.6. The first-order chi connectivity index (χ1) is 9.74. The maximum atomic E-state index is 10.5. The lowest BCUT2D eigenvalue weighted by molar-refractivity contribution is 0.180. The largest absolute Gasteiger partial charge is 0.508 e. The van der Waals surface area contributed by atoms with E-state index in [0.29, 0.717) is 6.42 Å². The van der Waals surface area contributed by atoms with Crippen LogP contribution < -0.4 is 0 Å². The van der Waals surface area contributed by atoms with Crippen LogP contribution in [0.15, 0.2) is 60.8 Å². The van der Waals surface area contributed by atoms with E-state index in [9.17, 15) is 10.2 Å². The zero-order valence-electron chi connectivity index (χ0n) is 10.9. The van der Waals surface area contributed by atoms with Crippen LogP contribution in [0.3, 0.4) is 0 Å². The molecule has 0 saturated heterocycles.